The van der Waals surface area contributed by atoms with Crippen molar-refractivity contribution in [3.63, 3.8) is 0 Å². The number of Topliss-reactive ketones (excluding diaryl/α,β-unsaturated/α-hetero) is 1. The average molecular weight is 531 g/mol. The minimum Gasteiger partial charge on any atom is -0.508 e. The van der Waals surface area contributed by atoms with E-state index in [4.69, 9.17) is 9.47 Å². The fourth-order valence-electron chi connectivity index (χ4n) is 6.24. The van der Waals surface area contributed by atoms with Crippen molar-refractivity contribution in [1.82, 2.24) is 10.2 Å². The fourth-order valence-corrected chi connectivity index (χ4v) is 6.24. The van der Waals surface area contributed by atoms with Crippen molar-refractivity contribution in [2.75, 3.05) is 20.3 Å². The number of esters is 1. The fraction of sp³-hybridized carbons (Fsp3) is 0.387. The standard InChI is InChI=1S/C31H34N2O6/c1-18-28(31(37)39-17-22-9-7-13-33(22)19(2)34)29(20-8-6-10-23(35)14-20)30-25(32-18)15-21(16-26(30)36)24-11-4-5-12-27(24)38-3/h4-6,8,10-12,14,21-22,29,32,35H,7,9,13,15-17H2,1-3H3/t21-,22-,29-/m1/s1. The van der Waals surface area contributed by atoms with Gasteiger partial charge in [-0.15, -0.1) is 0 Å². The molecule has 8 nitrogen and oxygen atoms in total. The van der Waals surface area contributed by atoms with E-state index in [9.17, 15) is 19.5 Å². The minimum atomic E-state index is -0.681. The van der Waals surface area contributed by atoms with Gasteiger partial charge in [-0.05, 0) is 55.5 Å². The number of likely N-dealkylation sites (tertiary alicyclic amines) is 1. The third-order valence-electron chi connectivity index (χ3n) is 8.02. The summed E-state index contributed by atoms with van der Waals surface area (Å²) in [5.41, 5.74) is 3.85. The number of dihydropyridines is 1. The lowest BCUT2D eigenvalue weighted by Gasteiger charge is -2.37. The van der Waals surface area contributed by atoms with E-state index >= 15 is 0 Å². The van der Waals surface area contributed by atoms with Crippen LogP contribution in [0, 0.1) is 0 Å². The zero-order chi connectivity index (χ0) is 27.7. The Morgan fingerprint density at radius 3 is 2.67 bits per heavy atom. The third-order valence-corrected chi connectivity index (χ3v) is 8.02. The summed E-state index contributed by atoms with van der Waals surface area (Å²) in [5.74, 6) is -0.600. The molecule has 2 aromatic carbocycles. The van der Waals surface area contributed by atoms with Crippen LogP contribution in [-0.4, -0.2) is 54.0 Å². The van der Waals surface area contributed by atoms with Crippen LogP contribution in [0.2, 0.25) is 0 Å². The van der Waals surface area contributed by atoms with Gasteiger partial charge in [0.15, 0.2) is 5.78 Å². The monoisotopic (exact) mass is 530 g/mol. The minimum absolute atomic E-state index is 0.0342. The van der Waals surface area contributed by atoms with Crippen LogP contribution in [0.1, 0.15) is 62.5 Å². The summed E-state index contributed by atoms with van der Waals surface area (Å²) < 4.78 is 11.4. The van der Waals surface area contributed by atoms with E-state index in [1.54, 1.807) is 30.2 Å². The van der Waals surface area contributed by atoms with E-state index in [2.05, 4.69) is 5.32 Å². The smallest absolute Gasteiger partial charge is 0.336 e. The maximum Gasteiger partial charge on any atom is 0.336 e. The van der Waals surface area contributed by atoms with Gasteiger partial charge in [-0.1, -0.05) is 30.3 Å². The Labute approximate surface area is 228 Å². The number of hydrogen-bond donors (Lipinski definition) is 2. The number of para-hydroxylation sites is 1. The van der Waals surface area contributed by atoms with Crippen LogP contribution in [0.25, 0.3) is 0 Å². The van der Waals surface area contributed by atoms with Crippen LogP contribution < -0.4 is 10.1 Å². The lowest BCUT2D eigenvalue weighted by molar-refractivity contribution is -0.143. The highest BCUT2D eigenvalue weighted by atomic mass is 16.5. The highest BCUT2D eigenvalue weighted by Gasteiger charge is 2.42. The maximum atomic E-state index is 13.8. The van der Waals surface area contributed by atoms with E-state index in [1.165, 1.54) is 6.92 Å². The van der Waals surface area contributed by atoms with E-state index in [-0.39, 0.29) is 42.4 Å². The van der Waals surface area contributed by atoms with Crippen molar-refractivity contribution < 1.29 is 29.0 Å². The number of aromatic hydroxyl groups is 1. The second-order valence-corrected chi connectivity index (χ2v) is 10.5. The van der Waals surface area contributed by atoms with E-state index in [1.807, 2.05) is 37.3 Å². The number of carbonyl (C=O) groups excluding carboxylic acids is 3. The summed E-state index contributed by atoms with van der Waals surface area (Å²) in [6.07, 6.45) is 2.49. The van der Waals surface area contributed by atoms with Gasteiger partial charge >= 0.3 is 5.97 Å². The molecule has 0 spiro atoms. The van der Waals surface area contributed by atoms with Gasteiger partial charge in [-0.3, -0.25) is 9.59 Å². The number of methoxy groups -OCH3 is 1. The quantitative estimate of drug-likeness (QED) is 0.536. The number of benzene rings is 2. The van der Waals surface area contributed by atoms with Crippen molar-refractivity contribution >= 4 is 17.7 Å². The molecule has 2 heterocycles. The molecule has 1 saturated heterocycles. The number of nitrogens with one attached hydrogen (secondary N) is 1. The van der Waals surface area contributed by atoms with Gasteiger partial charge in [0.05, 0.1) is 18.7 Å². The molecule has 2 aromatic rings. The van der Waals surface area contributed by atoms with Gasteiger partial charge in [0, 0.05) is 48.7 Å². The summed E-state index contributed by atoms with van der Waals surface area (Å²) in [4.78, 5) is 41.2. The van der Waals surface area contributed by atoms with Gasteiger partial charge in [0.25, 0.3) is 0 Å². The number of phenolic OH excluding ortho intramolecular Hbond substituents is 1. The highest BCUT2D eigenvalue weighted by molar-refractivity contribution is 6.04. The first kappa shape index (κ1) is 26.5. The molecule has 8 heteroatoms. The number of ketones is 1. The summed E-state index contributed by atoms with van der Waals surface area (Å²) >= 11 is 0. The van der Waals surface area contributed by atoms with Gasteiger partial charge in [0.1, 0.15) is 18.1 Å². The second-order valence-electron chi connectivity index (χ2n) is 10.5. The summed E-state index contributed by atoms with van der Waals surface area (Å²) in [7, 11) is 1.62. The summed E-state index contributed by atoms with van der Waals surface area (Å²) in [6, 6.07) is 14.2. The number of phenols is 1. The molecule has 3 atom stereocenters. The van der Waals surface area contributed by atoms with Crippen LogP contribution in [0.5, 0.6) is 11.5 Å². The van der Waals surface area contributed by atoms with Crippen molar-refractivity contribution in [3.8, 4) is 11.5 Å². The van der Waals surface area contributed by atoms with Crippen LogP contribution in [0.3, 0.4) is 0 Å². The Hall–Kier alpha value is -4.07. The molecule has 1 fully saturated rings. The number of amides is 1. The van der Waals surface area contributed by atoms with Crippen LogP contribution in [-0.2, 0) is 19.1 Å². The molecular weight excluding hydrogens is 496 g/mol. The molecule has 204 valence electrons. The predicted molar refractivity (Wildman–Crippen MR) is 145 cm³/mol. The molecule has 0 aromatic heterocycles. The molecule has 39 heavy (non-hydrogen) atoms. The normalized spacial score (nSPS) is 22.9. The zero-order valence-electron chi connectivity index (χ0n) is 22.5. The van der Waals surface area contributed by atoms with Gasteiger partial charge in [-0.25, -0.2) is 4.79 Å². The maximum absolute atomic E-state index is 13.8. The first-order valence-electron chi connectivity index (χ1n) is 13.4. The Morgan fingerprint density at radius 2 is 1.92 bits per heavy atom. The molecule has 1 amide bonds. The van der Waals surface area contributed by atoms with E-state index < -0.39 is 11.9 Å². The Kier molecular flexibility index (Phi) is 7.46. The molecule has 3 aliphatic rings. The molecule has 0 saturated carbocycles. The molecule has 0 bridgehead atoms. The molecule has 1 aliphatic carbocycles. The predicted octanol–water partition coefficient (Wildman–Crippen LogP) is 4.32. The third kappa shape index (κ3) is 5.15. The van der Waals surface area contributed by atoms with Crippen molar-refractivity contribution in [2.45, 2.75) is 57.4 Å². The van der Waals surface area contributed by atoms with Crippen molar-refractivity contribution in [1.29, 1.82) is 0 Å². The van der Waals surface area contributed by atoms with E-state index in [0.29, 0.717) is 35.4 Å². The molecule has 2 aliphatic heterocycles. The first-order chi connectivity index (χ1) is 18.8. The van der Waals surface area contributed by atoms with E-state index in [0.717, 1.165) is 29.9 Å². The number of allylic oxidation sites excluding steroid dienone is 3. The molecule has 0 unspecified atom stereocenters. The molecule has 2 N–H and O–H groups in total. The first-order valence-corrected chi connectivity index (χ1v) is 13.4. The lowest BCUT2D eigenvalue weighted by Crippen LogP contribution is -2.39. The second kappa shape index (κ2) is 11.0. The summed E-state index contributed by atoms with van der Waals surface area (Å²) in [6.45, 7) is 4.09. The lowest BCUT2D eigenvalue weighted by atomic mass is 9.71. The number of hydrogen-bond acceptors (Lipinski definition) is 7. The van der Waals surface area contributed by atoms with Crippen LogP contribution in [0.4, 0.5) is 0 Å². The Morgan fingerprint density at radius 1 is 1.13 bits per heavy atom. The van der Waals surface area contributed by atoms with Crippen molar-refractivity contribution in [3.05, 3.63) is 82.2 Å². The number of nitrogens with zero attached hydrogens (tertiary/aromatic N) is 1. The van der Waals surface area contributed by atoms with Gasteiger partial charge in [-0.2, -0.15) is 0 Å². The Balaban J connectivity index is 1.48. The topological polar surface area (TPSA) is 105 Å². The number of rotatable bonds is 6. The average Bonchev–Trinajstić information content (AvgIpc) is 3.40. The van der Waals surface area contributed by atoms with Gasteiger partial charge in [0.2, 0.25) is 5.91 Å². The van der Waals surface area contributed by atoms with Crippen molar-refractivity contribution in [2.24, 2.45) is 0 Å². The Bertz CT molecular complexity index is 1380. The van der Waals surface area contributed by atoms with Crippen LogP contribution >= 0.6 is 0 Å². The number of ether oxygens (including phenoxy) is 2. The van der Waals surface area contributed by atoms with Gasteiger partial charge < -0.3 is 24.8 Å². The molecular formula is C31H34N2O6. The molecule has 0 radical (unpaired) electrons. The molecule has 5 rings (SSSR count). The highest BCUT2D eigenvalue weighted by Crippen LogP contribution is 2.47. The summed E-state index contributed by atoms with van der Waals surface area (Å²) in [5, 5.41) is 13.6. The van der Waals surface area contributed by atoms with Crippen LogP contribution in [0.15, 0.2) is 71.1 Å². The zero-order valence-corrected chi connectivity index (χ0v) is 22.5. The largest absolute Gasteiger partial charge is 0.508 e. The number of carbonyl (C=O) groups is 3. The SMILES string of the molecule is COc1ccccc1[C@H]1CC(=O)C2=C(C1)NC(C)=C(C(=O)OC[C@H]1CCCN1C(C)=O)[C@H]2c1cccc(O)c1.